The Morgan fingerprint density at radius 3 is 2.44 bits per heavy atom. The standard InChI is InChI=1S/C12H15F2NO/c1-16-8-6-9(13)12(10(14)7-8)11-4-2-3-5-15-11/h6-7,11,15H,2-5H2,1H3/t11-/m1/s1. The molecule has 1 aliphatic heterocycles. The molecular formula is C12H15F2NO. The molecule has 1 N–H and O–H groups in total. The highest BCUT2D eigenvalue weighted by Crippen LogP contribution is 2.30. The molecule has 1 aliphatic rings. The van der Waals surface area contributed by atoms with Gasteiger partial charge < -0.3 is 10.1 Å². The van der Waals surface area contributed by atoms with Crippen molar-refractivity contribution >= 4 is 0 Å². The molecule has 4 heteroatoms. The molecular weight excluding hydrogens is 212 g/mol. The van der Waals surface area contributed by atoms with E-state index in [9.17, 15) is 8.78 Å². The summed E-state index contributed by atoms with van der Waals surface area (Å²) in [7, 11) is 1.40. The molecule has 1 aromatic rings. The van der Waals surface area contributed by atoms with Gasteiger partial charge in [0, 0.05) is 23.7 Å². The highest BCUT2D eigenvalue weighted by Gasteiger charge is 2.22. The maximum absolute atomic E-state index is 13.7. The predicted octanol–water partition coefficient (Wildman–Crippen LogP) is 2.79. The highest BCUT2D eigenvalue weighted by molar-refractivity contribution is 5.32. The van der Waals surface area contributed by atoms with Crippen LogP contribution >= 0.6 is 0 Å². The van der Waals surface area contributed by atoms with E-state index in [1.54, 1.807) is 0 Å². The maximum atomic E-state index is 13.7. The first kappa shape index (κ1) is 11.3. The Morgan fingerprint density at radius 2 is 1.94 bits per heavy atom. The van der Waals surface area contributed by atoms with Gasteiger partial charge in [-0.1, -0.05) is 6.42 Å². The van der Waals surface area contributed by atoms with Crippen molar-refractivity contribution < 1.29 is 13.5 Å². The van der Waals surface area contributed by atoms with Gasteiger partial charge in [-0.05, 0) is 19.4 Å². The van der Waals surface area contributed by atoms with Crippen LogP contribution in [0.3, 0.4) is 0 Å². The molecule has 0 aliphatic carbocycles. The van der Waals surface area contributed by atoms with E-state index < -0.39 is 11.6 Å². The Bertz CT molecular complexity index is 352. The fraction of sp³-hybridized carbons (Fsp3) is 0.500. The largest absolute Gasteiger partial charge is 0.497 e. The predicted molar refractivity (Wildman–Crippen MR) is 57.5 cm³/mol. The molecule has 1 atom stereocenters. The van der Waals surface area contributed by atoms with E-state index in [4.69, 9.17) is 4.74 Å². The van der Waals surface area contributed by atoms with E-state index in [1.165, 1.54) is 19.2 Å². The number of nitrogens with one attached hydrogen (secondary N) is 1. The van der Waals surface area contributed by atoms with Crippen molar-refractivity contribution in [3.8, 4) is 5.75 Å². The summed E-state index contributed by atoms with van der Waals surface area (Å²) in [5, 5.41) is 3.13. The molecule has 0 amide bonds. The molecule has 1 saturated heterocycles. The van der Waals surface area contributed by atoms with Crippen molar-refractivity contribution in [2.75, 3.05) is 13.7 Å². The molecule has 1 fully saturated rings. The smallest absolute Gasteiger partial charge is 0.134 e. The van der Waals surface area contributed by atoms with Crippen molar-refractivity contribution in [3.05, 3.63) is 29.3 Å². The zero-order chi connectivity index (χ0) is 11.5. The fourth-order valence-electron chi connectivity index (χ4n) is 2.11. The van der Waals surface area contributed by atoms with Gasteiger partial charge in [0.05, 0.1) is 7.11 Å². The van der Waals surface area contributed by atoms with Crippen molar-refractivity contribution in [1.29, 1.82) is 0 Å². The zero-order valence-corrected chi connectivity index (χ0v) is 9.22. The molecule has 0 unspecified atom stereocenters. The van der Waals surface area contributed by atoms with Crippen LogP contribution in [0.25, 0.3) is 0 Å². The lowest BCUT2D eigenvalue weighted by Gasteiger charge is -2.24. The summed E-state index contributed by atoms with van der Waals surface area (Å²) < 4.78 is 32.3. The third-order valence-corrected chi connectivity index (χ3v) is 2.95. The summed E-state index contributed by atoms with van der Waals surface area (Å²) in [6, 6.07) is 2.25. The Balaban J connectivity index is 2.32. The monoisotopic (exact) mass is 227 g/mol. The Kier molecular flexibility index (Phi) is 3.39. The molecule has 0 aromatic heterocycles. The number of hydrogen-bond acceptors (Lipinski definition) is 2. The molecule has 88 valence electrons. The Morgan fingerprint density at radius 1 is 1.25 bits per heavy atom. The zero-order valence-electron chi connectivity index (χ0n) is 9.22. The van der Waals surface area contributed by atoms with Crippen LogP contribution in [0.2, 0.25) is 0 Å². The van der Waals surface area contributed by atoms with E-state index in [-0.39, 0.29) is 17.4 Å². The number of rotatable bonds is 2. The molecule has 16 heavy (non-hydrogen) atoms. The van der Waals surface area contributed by atoms with Gasteiger partial charge in [-0.3, -0.25) is 0 Å². The van der Waals surface area contributed by atoms with E-state index in [2.05, 4.69) is 5.32 Å². The Hall–Kier alpha value is -1.16. The van der Waals surface area contributed by atoms with Gasteiger partial charge in [-0.25, -0.2) is 8.78 Å². The first-order chi connectivity index (χ1) is 7.72. The minimum absolute atomic E-state index is 0.139. The van der Waals surface area contributed by atoms with Gasteiger partial charge in [-0.2, -0.15) is 0 Å². The molecule has 0 saturated carbocycles. The lowest BCUT2D eigenvalue weighted by Crippen LogP contribution is -2.28. The third-order valence-electron chi connectivity index (χ3n) is 2.95. The molecule has 0 radical (unpaired) electrons. The van der Waals surface area contributed by atoms with E-state index in [1.807, 2.05) is 0 Å². The number of ether oxygens (including phenoxy) is 1. The minimum atomic E-state index is -0.531. The molecule has 2 nitrogen and oxygen atoms in total. The third kappa shape index (κ3) is 2.16. The van der Waals surface area contributed by atoms with Crippen LogP contribution in [0.5, 0.6) is 5.75 Å². The average molecular weight is 227 g/mol. The molecule has 1 aromatic carbocycles. The quantitative estimate of drug-likeness (QED) is 0.838. The number of piperidine rings is 1. The molecule has 0 spiro atoms. The van der Waals surface area contributed by atoms with Crippen molar-refractivity contribution in [2.24, 2.45) is 0 Å². The van der Waals surface area contributed by atoms with Crippen LogP contribution in [-0.4, -0.2) is 13.7 Å². The van der Waals surface area contributed by atoms with Crippen LogP contribution in [0.4, 0.5) is 8.78 Å². The summed E-state index contributed by atoms with van der Waals surface area (Å²) in [6.07, 6.45) is 2.85. The average Bonchev–Trinajstić information content (AvgIpc) is 2.29. The van der Waals surface area contributed by atoms with Gasteiger partial charge in [0.25, 0.3) is 0 Å². The Labute approximate surface area is 93.6 Å². The first-order valence-electron chi connectivity index (χ1n) is 5.48. The van der Waals surface area contributed by atoms with E-state index in [0.29, 0.717) is 0 Å². The number of halogens is 2. The van der Waals surface area contributed by atoms with Gasteiger partial charge in [-0.15, -0.1) is 0 Å². The summed E-state index contributed by atoms with van der Waals surface area (Å²) in [4.78, 5) is 0. The molecule has 1 heterocycles. The molecule has 0 bridgehead atoms. The second-order valence-electron chi connectivity index (χ2n) is 4.01. The summed E-state index contributed by atoms with van der Waals surface area (Å²) in [5.74, 6) is -0.845. The molecule has 2 rings (SSSR count). The van der Waals surface area contributed by atoms with Gasteiger partial charge >= 0.3 is 0 Å². The normalized spacial score (nSPS) is 20.8. The number of hydrogen-bond donors (Lipinski definition) is 1. The van der Waals surface area contributed by atoms with Crippen LogP contribution in [-0.2, 0) is 0 Å². The van der Waals surface area contributed by atoms with Crippen LogP contribution in [0.1, 0.15) is 30.9 Å². The van der Waals surface area contributed by atoms with Gasteiger partial charge in [0.15, 0.2) is 0 Å². The summed E-state index contributed by atoms with van der Waals surface area (Å²) in [6.45, 7) is 0.815. The van der Waals surface area contributed by atoms with E-state index >= 15 is 0 Å². The lowest BCUT2D eigenvalue weighted by atomic mass is 9.96. The second kappa shape index (κ2) is 4.78. The maximum Gasteiger partial charge on any atom is 0.134 e. The van der Waals surface area contributed by atoms with Crippen LogP contribution < -0.4 is 10.1 Å². The van der Waals surface area contributed by atoms with Crippen molar-refractivity contribution in [2.45, 2.75) is 25.3 Å². The van der Waals surface area contributed by atoms with E-state index in [0.717, 1.165) is 25.8 Å². The second-order valence-corrected chi connectivity index (χ2v) is 4.01. The van der Waals surface area contributed by atoms with Crippen LogP contribution in [0.15, 0.2) is 12.1 Å². The minimum Gasteiger partial charge on any atom is -0.497 e. The van der Waals surface area contributed by atoms with Crippen LogP contribution in [0, 0.1) is 11.6 Å². The number of benzene rings is 1. The van der Waals surface area contributed by atoms with Gasteiger partial charge in [0.2, 0.25) is 0 Å². The van der Waals surface area contributed by atoms with Gasteiger partial charge in [0.1, 0.15) is 17.4 Å². The summed E-state index contributed by atoms with van der Waals surface area (Å²) >= 11 is 0. The fourth-order valence-corrected chi connectivity index (χ4v) is 2.11. The summed E-state index contributed by atoms with van der Waals surface area (Å²) in [5.41, 5.74) is 0.139. The SMILES string of the molecule is COc1cc(F)c([C@H]2CCCCN2)c(F)c1. The lowest BCUT2D eigenvalue weighted by molar-refractivity contribution is 0.375. The first-order valence-corrected chi connectivity index (χ1v) is 5.48. The van der Waals surface area contributed by atoms with Crippen molar-refractivity contribution in [3.63, 3.8) is 0 Å². The number of methoxy groups -OCH3 is 1. The van der Waals surface area contributed by atoms with Crippen molar-refractivity contribution in [1.82, 2.24) is 5.32 Å². The topological polar surface area (TPSA) is 21.3 Å². The highest BCUT2D eigenvalue weighted by atomic mass is 19.1.